The maximum Gasteiger partial charge on any atom is 0.328 e. The molecule has 0 aliphatic carbocycles. The van der Waals surface area contributed by atoms with E-state index in [1.165, 1.54) is 22.2 Å². The molecule has 27 heavy (non-hydrogen) atoms. The number of nitrogens with zero attached hydrogens (tertiary/aromatic N) is 4. The van der Waals surface area contributed by atoms with Gasteiger partial charge in [-0.05, 0) is 30.0 Å². The Hall–Kier alpha value is -2.35. The molecule has 1 aliphatic heterocycles. The molecule has 0 saturated carbocycles. The molecule has 0 radical (unpaired) electrons. The lowest BCUT2D eigenvalue weighted by Gasteiger charge is -2.33. The average molecular weight is 388 g/mol. The summed E-state index contributed by atoms with van der Waals surface area (Å²) in [4.78, 5) is 26.8. The molecule has 0 spiro atoms. The van der Waals surface area contributed by atoms with E-state index in [-0.39, 0.29) is 30.2 Å². The third kappa shape index (κ3) is 4.16. The number of aliphatic carboxylic acids is 1. The minimum Gasteiger partial charge on any atom is -0.480 e. The van der Waals surface area contributed by atoms with Crippen LogP contribution in [-0.2, 0) is 28.1 Å². The van der Waals surface area contributed by atoms with E-state index < -0.39 is 12.0 Å². The van der Waals surface area contributed by atoms with Crippen molar-refractivity contribution in [3.05, 3.63) is 41.5 Å². The number of fused-ring (bicyclic) bond motifs is 1. The zero-order chi connectivity index (χ0) is 19.8. The van der Waals surface area contributed by atoms with E-state index in [1.807, 2.05) is 12.1 Å². The summed E-state index contributed by atoms with van der Waals surface area (Å²) < 4.78 is 1.76. The molecular weight excluding hydrogens is 364 g/mol. The van der Waals surface area contributed by atoms with Crippen molar-refractivity contribution in [2.24, 2.45) is 0 Å². The third-order valence-electron chi connectivity index (χ3n) is 4.74. The average Bonchev–Trinajstić information content (AvgIpc) is 2.98. The molecule has 2 aromatic rings. The van der Waals surface area contributed by atoms with Gasteiger partial charge in [-0.2, -0.15) is 0 Å². The number of aryl methyl sites for hydroxylation is 1. The number of hydrogen-bond acceptors (Lipinski definition) is 5. The lowest BCUT2D eigenvalue weighted by molar-refractivity contribution is -0.151. The van der Waals surface area contributed by atoms with E-state index in [9.17, 15) is 14.7 Å². The minimum absolute atomic E-state index is 0.0790. The number of amides is 1. The normalized spacial score (nSPS) is 16.9. The fraction of sp³-hybridized carbons (Fsp3) is 0.474. The van der Waals surface area contributed by atoms with E-state index >= 15 is 0 Å². The van der Waals surface area contributed by atoms with Crippen LogP contribution in [0.15, 0.2) is 29.2 Å². The Kier molecular flexibility index (Phi) is 5.28. The summed E-state index contributed by atoms with van der Waals surface area (Å²) in [6.45, 7) is 8.59. The second kappa shape index (κ2) is 7.34. The van der Waals surface area contributed by atoms with Crippen LogP contribution in [0.4, 0.5) is 0 Å². The van der Waals surface area contributed by atoms with Gasteiger partial charge in [-0.1, -0.05) is 32.9 Å². The fourth-order valence-corrected chi connectivity index (χ4v) is 3.85. The molecule has 0 fully saturated rings. The molecular formula is C19H24N4O3S. The van der Waals surface area contributed by atoms with Gasteiger partial charge in [-0.25, -0.2) is 4.79 Å². The number of thioether (sulfide) groups is 1. The summed E-state index contributed by atoms with van der Waals surface area (Å²) in [5.41, 5.74) is 1.31. The van der Waals surface area contributed by atoms with Crippen LogP contribution < -0.4 is 0 Å². The second-order valence-electron chi connectivity index (χ2n) is 7.71. The Morgan fingerprint density at radius 1 is 1.22 bits per heavy atom. The molecule has 8 heteroatoms. The van der Waals surface area contributed by atoms with Crippen molar-refractivity contribution in [2.45, 2.75) is 57.1 Å². The molecule has 1 atom stereocenters. The molecule has 1 unspecified atom stereocenters. The zero-order valence-corrected chi connectivity index (χ0v) is 16.8. The van der Waals surface area contributed by atoms with Gasteiger partial charge in [-0.3, -0.25) is 4.79 Å². The quantitative estimate of drug-likeness (QED) is 0.810. The number of carboxylic acids is 1. The highest BCUT2D eigenvalue weighted by molar-refractivity contribution is 8.00. The first-order valence-electron chi connectivity index (χ1n) is 8.81. The fourth-order valence-electron chi connectivity index (χ4n) is 3.07. The van der Waals surface area contributed by atoms with E-state index in [4.69, 9.17) is 0 Å². The highest BCUT2D eigenvalue weighted by Gasteiger charge is 2.36. The summed E-state index contributed by atoms with van der Waals surface area (Å²) in [5.74, 6) is 0.251. The number of benzene rings is 1. The van der Waals surface area contributed by atoms with Gasteiger partial charge in [0, 0.05) is 4.90 Å². The Morgan fingerprint density at radius 3 is 2.48 bits per heavy atom. The molecule has 7 nitrogen and oxygen atoms in total. The van der Waals surface area contributed by atoms with Crippen LogP contribution in [0.5, 0.6) is 0 Å². The maximum atomic E-state index is 12.7. The molecule has 1 aromatic carbocycles. The van der Waals surface area contributed by atoms with E-state index in [0.717, 1.165) is 4.90 Å². The van der Waals surface area contributed by atoms with Crippen molar-refractivity contribution in [3.63, 3.8) is 0 Å². The van der Waals surface area contributed by atoms with E-state index in [2.05, 4.69) is 43.1 Å². The Balaban J connectivity index is 1.68. The van der Waals surface area contributed by atoms with Crippen molar-refractivity contribution in [2.75, 3.05) is 5.75 Å². The first-order chi connectivity index (χ1) is 12.7. The topological polar surface area (TPSA) is 88.3 Å². The van der Waals surface area contributed by atoms with Gasteiger partial charge in [0.2, 0.25) is 5.91 Å². The van der Waals surface area contributed by atoms with Crippen LogP contribution in [-0.4, -0.2) is 48.4 Å². The molecule has 3 rings (SSSR count). The lowest BCUT2D eigenvalue weighted by atomic mass is 9.87. The number of rotatable bonds is 4. The molecule has 0 bridgehead atoms. The van der Waals surface area contributed by atoms with Gasteiger partial charge in [0.15, 0.2) is 5.82 Å². The first-order valence-corrected chi connectivity index (χ1v) is 9.79. The summed E-state index contributed by atoms with van der Waals surface area (Å²) >= 11 is 1.41. The summed E-state index contributed by atoms with van der Waals surface area (Å²) in [7, 11) is 0. The number of carboxylic acid groups (broad SMARTS) is 1. The first kappa shape index (κ1) is 19.4. The third-order valence-corrected chi connectivity index (χ3v) is 5.74. The van der Waals surface area contributed by atoms with Crippen molar-refractivity contribution in [1.82, 2.24) is 19.7 Å². The SMILES string of the molecule is Cc1nnc2n1CC(C(=O)O)N(C(=O)CSc1ccc(C(C)(C)C)cc1)C2. The summed E-state index contributed by atoms with van der Waals surface area (Å²) in [6.07, 6.45) is 0. The van der Waals surface area contributed by atoms with Crippen molar-refractivity contribution < 1.29 is 14.7 Å². The summed E-state index contributed by atoms with van der Waals surface area (Å²) in [5, 5.41) is 17.6. The Labute approximate surface area is 162 Å². The van der Waals surface area contributed by atoms with Crippen molar-refractivity contribution in [3.8, 4) is 0 Å². The molecule has 1 aliphatic rings. The number of hydrogen-bond donors (Lipinski definition) is 1. The highest BCUT2D eigenvalue weighted by atomic mass is 32.2. The van der Waals surface area contributed by atoms with Crippen LogP contribution in [0.2, 0.25) is 0 Å². The molecule has 1 N–H and O–H groups in total. The molecule has 144 valence electrons. The zero-order valence-electron chi connectivity index (χ0n) is 16.0. The Morgan fingerprint density at radius 2 is 1.89 bits per heavy atom. The molecule has 1 amide bonds. The largest absolute Gasteiger partial charge is 0.480 e. The highest BCUT2D eigenvalue weighted by Crippen LogP contribution is 2.26. The van der Waals surface area contributed by atoms with Crippen LogP contribution in [0.1, 0.15) is 38.0 Å². The van der Waals surface area contributed by atoms with Gasteiger partial charge >= 0.3 is 5.97 Å². The van der Waals surface area contributed by atoms with Gasteiger partial charge in [0.25, 0.3) is 0 Å². The second-order valence-corrected chi connectivity index (χ2v) is 8.76. The van der Waals surface area contributed by atoms with Gasteiger partial charge in [-0.15, -0.1) is 22.0 Å². The molecule has 1 aromatic heterocycles. The number of carbonyl (C=O) groups excluding carboxylic acids is 1. The summed E-state index contributed by atoms with van der Waals surface area (Å²) in [6, 6.07) is 7.24. The maximum absolute atomic E-state index is 12.7. The standard InChI is InChI=1S/C19H24N4O3S/c1-12-20-21-16-10-23(15(18(25)26)9-22(12)16)17(24)11-27-14-7-5-13(6-8-14)19(2,3)4/h5-8,15H,9-11H2,1-4H3,(H,25,26). The minimum atomic E-state index is -1.01. The Bertz CT molecular complexity index is 855. The lowest BCUT2D eigenvalue weighted by Crippen LogP contribution is -2.51. The molecule has 0 saturated heterocycles. The number of aromatic nitrogens is 3. The van der Waals surface area contributed by atoms with Crippen molar-refractivity contribution >= 4 is 23.6 Å². The van der Waals surface area contributed by atoms with Crippen LogP contribution in [0, 0.1) is 6.92 Å². The van der Waals surface area contributed by atoms with Gasteiger partial charge in [0.1, 0.15) is 11.9 Å². The predicted octanol–water partition coefficient (Wildman–Crippen LogP) is 2.47. The monoisotopic (exact) mass is 388 g/mol. The molecule has 2 heterocycles. The van der Waals surface area contributed by atoms with Crippen LogP contribution >= 0.6 is 11.8 Å². The smallest absolute Gasteiger partial charge is 0.328 e. The number of carbonyl (C=O) groups is 2. The van der Waals surface area contributed by atoms with Crippen LogP contribution in [0.3, 0.4) is 0 Å². The predicted molar refractivity (Wildman–Crippen MR) is 103 cm³/mol. The van der Waals surface area contributed by atoms with Crippen LogP contribution in [0.25, 0.3) is 0 Å². The van der Waals surface area contributed by atoms with Gasteiger partial charge in [0.05, 0.1) is 18.8 Å². The van der Waals surface area contributed by atoms with E-state index in [1.54, 1.807) is 11.5 Å². The van der Waals surface area contributed by atoms with E-state index in [0.29, 0.717) is 11.6 Å². The van der Waals surface area contributed by atoms with Gasteiger partial charge < -0.3 is 14.6 Å². The van der Waals surface area contributed by atoms with Crippen molar-refractivity contribution in [1.29, 1.82) is 0 Å².